The van der Waals surface area contributed by atoms with Crippen molar-refractivity contribution in [3.05, 3.63) is 163 Å². The summed E-state index contributed by atoms with van der Waals surface area (Å²) in [6.45, 7) is 0. The molecule has 1 aromatic heterocycles. The molecule has 0 saturated heterocycles. The van der Waals surface area contributed by atoms with Gasteiger partial charge in [0.25, 0.3) is 0 Å². The van der Waals surface area contributed by atoms with Gasteiger partial charge in [0, 0.05) is 5.56 Å². The molecule has 8 aromatic carbocycles. The van der Waals surface area contributed by atoms with Crippen molar-refractivity contribution in [2.24, 2.45) is 0 Å². The van der Waals surface area contributed by atoms with Crippen molar-refractivity contribution in [1.82, 2.24) is 4.98 Å². The second kappa shape index (κ2) is 11.0. The maximum Gasteiger partial charge on any atom is 0.227 e. The lowest BCUT2D eigenvalue weighted by molar-refractivity contribution is 0.448. The maximum atomic E-state index is 13.9. The Kier molecular flexibility index (Phi) is 6.40. The molecule has 0 saturated carbocycles. The van der Waals surface area contributed by atoms with E-state index in [1.165, 1.54) is 0 Å². The largest absolute Gasteiger partial charge is 0.436 e. The van der Waals surface area contributed by atoms with Gasteiger partial charge in [-0.2, -0.15) is 0 Å². The molecule has 9 aromatic rings. The molecule has 9 rings (SSSR count). The van der Waals surface area contributed by atoms with Gasteiger partial charge in [0.2, 0.25) is 5.89 Å². The fraction of sp³-hybridized carbons (Fsp3) is 0. The van der Waals surface area contributed by atoms with Gasteiger partial charge in [-0.3, -0.25) is 0 Å². The molecule has 0 N–H and O–H groups in total. The summed E-state index contributed by atoms with van der Waals surface area (Å²) in [5, 5.41) is 6.43. The number of rotatable bonds is 4. The lowest BCUT2D eigenvalue weighted by atomic mass is 9.94. The standard InChI is InChI=1S/C43H24F3NO/c44-38-23-35(24-39(45)42(38)46)32-16-18-37-34(22-32)14-13-33-21-31(15-17-36(33)37)30-12-11-28-19-27(9-10-29(28)20-30)25-5-7-26(8-6-25)43-47-40-3-1-2-4-41(40)48-43/h1-24H. The lowest BCUT2D eigenvalue weighted by Gasteiger charge is -2.11. The molecule has 0 atom stereocenters. The molecule has 0 aliphatic heterocycles. The van der Waals surface area contributed by atoms with E-state index in [2.05, 4.69) is 77.8 Å². The van der Waals surface area contributed by atoms with Gasteiger partial charge in [0.15, 0.2) is 23.0 Å². The Morgan fingerprint density at radius 2 is 0.854 bits per heavy atom. The van der Waals surface area contributed by atoms with Crippen LogP contribution in [0, 0.1) is 17.5 Å². The van der Waals surface area contributed by atoms with Gasteiger partial charge < -0.3 is 4.42 Å². The highest BCUT2D eigenvalue weighted by Gasteiger charge is 2.13. The zero-order chi connectivity index (χ0) is 32.4. The summed E-state index contributed by atoms with van der Waals surface area (Å²) in [6.07, 6.45) is 0. The number of benzene rings is 8. The van der Waals surface area contributed by atoms with Crippen molar-refractivity contribution in [3.8, 4) is 44.8 Å². The van der Waals surface area contributed by atoms with E-state index in [0.29, 0.717) is 17.0 Å². The normalized spacial score (nSPS) is 11.6. The first kappa shape index (κ1) is 28.1. The minimum absolute atomic E-state index is 0.293. The van der Waals surface area contributed by atoms with Gasteiger partial charge in [-0.25, -0.2) is 18.2 Å². The van der Waals surface area contributed by atoms with Crippen LogP contribution in [-0.2, 0) is 0 Å². The van der Waals surface area contributed by atoms with E-state index < -0.39 is 17.5 Å². The molecule has 2 nitrogen and oxygen atoms in total. The number of fused-ring (bicyclic) bond motifs is 5. The predicted octanol–water partition coefficient (Wildman–Crippen LogP) is 12.4. The van der Waals surface area contributed by atoms with Gasteiger partial charge in [-0.15, -0.1) is 0 Å². The van der Waals surface area contributed by atoms with Crippen molar-refractivity contribution < 1.29 is 17.6 Å². The third kappa shape index (κ3) is 4.79. The summed E-state index contributed by atoms with van der Waals surface area (Å²) in [4.78, 5) is 4.61. The average Bonchev–Trinajstić information content (AvgIpc) is 3.57. The van der Waals surface area contributed by atoms with E-state index in [0.717, 1.165) is 83.4 Å². The van der Waals surface area contributed by atoms with E-state index in [1.54, 1.807) is 0 Å². The van der Waals surface area contributed by atoms with Gasteiger partial charge in [-0.1, -0.05) is 84.9 Å². The molecule has 0 spiro atoms. The summed E-state index contributed by atoms with van der Waals surface area (Å²) in [6, 6.07) is 47.3. The van der Waals surface area contributed by atoms with Gasteiger partial charge in [0.05, 0.1) is 0 Å². The van der Waals surface area contributed by atoms with Crippen LogP contribution in [0.5, 0.6) is 0 Å². The van der Waals surface area contributed by atoms with Crippen molar-refractivity contribution in [2.45, 2.75) is 0 Å². The molecule has 5 heteroatoms. The number of oxazole rings is 1. The molecule has 0 unspecified atom stereocenters. The zero-order valence-electron chi connectivity index (χ0n) is 25.3. The monoisotopic (exact) mass is 627 g/mol. The van der Waals surface area contributed by atoms with Crippen LogP contribution in [0.1, 0.15) is 0 Å². The van der Waals surface area contributed by atoms with Gasteiger partial charge >= 0.3 is 0 Å². The highest BCUT2D eigenvalue weighted by molar-refractivity contribution is 6.09. The first-order valence-corrected chi connectivity index (χ1v) is 15.6. The van der Waals surface area contributed by atoms with Crippen LogP contribution in [0.2, 0.25) is 0 Å². The molecule has 0 fully saturated rings. The summed E-state index contributed by atoms with van der Waals surface area (Å²) < 4.78 is 47.2. The number of hydrogen-bond donors (Lipinski definition) is 0. The summed E-state index contributed by atoms with van der Waals surface area (Å²) >= 11 is 0. The molecule has 228 valence electrons. The van der Waals surface area contributed by atoms with Crippen LogP contribution in [-0.4, -0.2) is 4.98 Å². The Morgan fingerprint density at radius 1 is 0.396 bits per heavy atom. The Hall–Kier alpha value is -6.20. The van der Waals surface area contributed by atoms with E-state index in [1.807, 2.05) is 60.7 Å². The molecule has 0 aliphatic carbocycles. The maximum absolute atomic E-state index is 13.9. The topological polar surface area (TPSA) is 26.0 Å². The van der Waals surface area contributed by atoms with Crippen LogP contribution in [0.25, 0.3) is 88.3 Å². The fourth-order valence-electron chi connectivity index (χ4n) is 6.56. The number of halogens is 3. The number of nitrogens with zero attached hydrogens (tertiary/aromatic N) is 1. The SMILES string of the molecule is Fc1cc(-c2ccc3c(ccc4cc(-c5ccc6cc(-c7ccc(-c8nc9ccccc9o8)cc7)ccc6c5)ccc43)c2)cc(F)c1F. The Bertz CT molecular complexity index is 2650. The highest BCUT2D eigenvalue weighted by Crippen LogP contribution is 2.35. The second-order valence-corrected chi connectivity index (χ2v) is 12.0. The van der Waals surface area contributed by atoms with Crippen molar-refractivity contribution in [2.75, 3.05) is 0 Å². The molecular weight excluding hydrogens is 603 g/mol. The molecule has 0 bridgehead atoms. The van der Waals surface area contributed by atoms with Gasteiger partial charge in [-0.05, 0) is 126 Å². The van der Waals surface area contributed by atoms with E-state index in [4.69, 9.17) is 4.42 Å². The first-order chi connectivity index (χ1) is 23.5. The number of hydrogen-bond acceptors (Lipinski definition) is 2. The van der Waals surface area contributed by atoms with Crippen molar-refractivity contribution >= 4 is 43.4 Å². The Balaban J connectivity index is 0.997. The van der Waals surface area contributed by atoms with Crippen molar-refractivity contribution in [1.29, 1.82) is 0 Å². The van der Waals surface area contributed by atoms with E-state index in [9.17, 15) is 13.2 Å². The van der Waals surface area contributed by atoms with Crippen LogP contribution >= 0.6 is 0 Å². The zero-order valence-corrected chi connectivity index (χ0v) is 25.3. The van der Waals surface area contributed by atoms with Crippen molar-refractivity contribution in [3.63, 3.8) is 0 Å². The van der Waals surface area contributed by atoms with Crippen LogP contribution in [0.3, 0.4) is 0 Å². The summed E-state index contributed by atoms with van der Waals surface area (Å²) in [7, 11) is 0. The minimum atomic E-state index is -1.46. The summed E-state index contributed by atoms with van der Waals surface area (Å²) in [5.41, 5.74) is 7.95. The molecule has 0 amide bonds. The first-order valence-electron chi connectivity index (χ1n) is 15.6. The fourth-order valence-corrected chi connectivity index (χ4v) is 6.56. The third-order valence-corrected chi connectivity index (χ3v) is 9.09. The van der Waals surface area contributed by atoms with Crippen LogP contribution in [0.4, 0.5) is 13.2 Å². The highest BCUT2D eigenvalue weighted by atomic mass is 19.2. The quantitative estimate of drug-likeness (QED) is 0.143. The Labute approximate surface area is 273 Å². The number of para-hydroxylation sites is 2. The van der Waals surface area contributed by atoms with E-state index >= 15 is 0 Å². The van der Waals surface area contributed by atoms with Crippen LogP contribution < -0.4 is 0 Å². The third-order valence-electron chi connectivity index (χ3n) is 9.09. The average molecular weight is 628 g/mol. The Morgan fingerprint density at radius 3 is 1.46 bits per heavy atom. The molecule has 0 aliphatic rings. The predicted molar refractivity (Wildman–Crippen MR) is 188 cm³/mol. The smallest absolute Gasteiger partial charge is 0.227 e. The number of aromatic nitrogens is 1. The molecule has 1 heterocycles. The summed E-state index contributed by atoms with van der Waals surface area (Å²) in [5.74, 6) is -3.25. The van der Waals surface area contributed by atoms with Crippen LogP contribution in [0.15, 0.2) is 150 Å². The lowest BCUT2D eigenvalue weighted by Crippen LogP contribution is -1.92. The second-order valence-electron chi connectivity index (χ2n) is 12.0. The molecule has 0 radical (unpaired) electrons. The van der Waals surface area contributed by atoms with Gasteiger partial charge in [0.1, 0.15) is 5.52 Å². The minimum Gasteiger partial charge on any atom is -0.436 e. The molecular formula is C43H24F3NO. The molecule has 48 heavy (non-hydrogen) atoms. The van der Waals surface area contributed by atoms with E-state index in [-0.39, 0.29) is 0 Å².